The first kappa shape index (κ1) is 21.4. The maximum absolute atomic E-state index is 13.5. The number of anilines is 1. The Morgan fingerprint density at radius 1 is 0.844 bits per heavy atom. The molecule has 0 aromatic heterocycles. The molecular weight excluding hydrogens is 400 g/mol. The third-order valence-corrected chi connectivity index (χ3v) is 5.76. The van der Waals surface area contributed by atoms with E-state index in [1.807, 2.05) is 81.4 Å². The summed E-state index contributed by atoms with van der Waals surface area (Å²) in [5.41, 5.74) is 6.29. The Kier molecular flexibility index (Phi) is 5.82. The molecule has 4 rings (SSSR count). The molecule has 0 aliphatic carbocycles. The summed E-state index contributed by atoms with van der Waals surface area (Å²) in [6.45, 7) is 6.25. The summed E-state index contributed by atoms with van der Waals surface area (Å²) < 4.78 is 5.30. The van der Waals surface area contributed by atoms with E-state index < -0.39 is 0 Å². The fourth-order valence-corrected chi connectivity index (χ4v) is 3.72. The number of nitrogens with one attached hydrogen (secondary N) is 1. The van der Waals surface area contributed by atoms with E-state index in [9.17, 15) is 9.59 Å². The van der Waals surface area contributed by atoms with Crippen LogP contribution < -0.4 is 10.1 Å². The zero-order valence-corrected chi connectivity index (χ0v) is 18.7. The summed E-state index contributed by atoms with van der Waals surface area (Å²) in [6.07, 6.45) is 0. The number of benzene rings is 3. The highest BCUT2D eigenvalue weighted by Crippen LogP contribution is 2.33. The summed E-state index contributed by atoms with van der Waals surface area (Å²) in [5, 5.41) is 3.19. The van der Waals surface area contributed by atoms with Crippen molar-refractivity contribution >= 4 is 23.1 Å². The lowest BCUT2D eigenvalue weighted by Gasteiger charge is -2.16. The topological polar surface area (TPSA) is 58.6 Å². The molecule has 0 saturated carbocycles. The highest BCUT2D eigenvalue weighted by molar-refractivity contribution is 6.36. The van der Waals surface area contributed by atoms with Crippen LogP contribution in [0, 0.1) is 20.8 Å². The summed E-state index contributed by atoms with van der Waals surface area (Å²) in [5.74, 6) is 0.0208. The van der Waals surface area contributed by atoms with Gasteiger partial charge in [0.1, 0.15) is 11.4 Å². The van der Waals surface area contributed by atoms with Crippen molar-refractivity contribution in [2.45, 2.75) is 27.3 Å². The van der Waals surface area contributed by atoms with E-state index >= 15 is 0 Å². The van der Waals surface area contributed by atoms with Crippen molar-refractivity contribution in [2.24, 2.45) is 0 Å². The van der Waals surface area contributed by atoms with E-state index in [2.05, 4.69) is 5.32 Å². The fraction of sp³-hybridized carbons (Fsp3) is 0.185. The largest absolute Gasteiger partial charge is 0.497 e. The number of carbonyl (C=O) groups excluding carboxylic acids is 2. The Balaban J connectivity index is 1.76. The first-order valence-corrected chi connectivity index (χ1v) is 10.5. The summed E-state index contributed by atoms with van der Waals surface area (Å²) in [6, 6.07) is 21.0. The molecule has 2 amide bonds. The summed E-state index contributed by atoms with van der Waals surface area (Å²) in [7, 11) is 1.59. The van der Waals surface area contributed by atoms with Gasteiger partial charge in [-0.3, -0.25) is 14.5 Å². The second-order valence-electron chi connectivity index (χ2n) is 8.09. The molecule has 5 heteroatoms. The second-order valence-corrected chi connectivity index (χ2v) is 8.09. The van der Waals surface area contributed by atoms with Crippen molar-refractivity contribution in [3.8, 4) is 5.75 Å². The molecule has 1 N–H and O–H groups in total. The van der Waals surface area contributed by atoms with Gasteiger partial charge in [0.15, 0.2) is 0 Å². The summed E-state index contributed by atoms with van der Waals surface area (Å²) >= 11 is 0. The minimum absolute atomic E-state index is 0.218. The number of amides is 2. The molecule has 162 valence electrons. The van der Waals surface area contributed by atoms with Crippen LogP contribution in [0.15, 0.2) is 72.4 Å². The summed E-state index contributed by atoms with van der Waals surface area (Å²) in [4.78, 5) is 28.2. The van der Waals surface area contributed by atoms with E-state index in [4.69, 9.17) is 4.74 Å². The Labute approximate surface area is 188 Å². The van der Waals surface area contributed by atoms with E-state index in [-0.39, 0.29) is 24.1 Å². The van der Waals surface area contributed by atoms with Gasteiger partial charge < -0.3 is 10.1 Å². The number of aryl methyl sites for hydroxylation is 3. The van der Waals surface area contributed by atoms with Crippen molar-refractivity contribution in [3.63, 3.8) is 0 Å². The average molecular weight is 427 g/mol. The monoisotopic (exact) mass is 426 g/mol. The molecule has 3 aromatic carbocycles. The SMILES string of the molecule is COc1cccc(NC2=C(c3ccc(C)c(C)c3)C(=O)N(Cc3ccc(C)cc3)C2=O)c1. The van der Waals surface area contributed by atoms with Crippen LogP contribution in [0.2, 0.25) is 0 Å². The molecule has 0 radical (unpaired) electrons. The molecule has 0 unspecified atom stereocenters. The van der Waals surface area contributed by atoms with Crippen LogP contribution in [0.5, 0.6) is 5.75 Å². The van der Waals surface area contributed by atoms with Crippen molar-refractivity contribution < 1.29 is 14.3 Å². The lowest BCUT2D eigenvalue weighted by Crippen LogP contribution is -2.32. The standard InChI is InChI=1S/C27H26N2O3/c1-17-8-11-20(12-9-17)16-29-26(30)24(21-13-10-18(2)19(3)14-21)25(27(29)31)28-22-6-5-7-23(15-22)32-4/h5-15,28H,16H2,1-4H3. The molecule has 1 aliphatic rings. The Morgan fingerprint density at radius 3 is 2.28 bits per heavy atom. The Morgan fingerprint density at radius 2 is 1.59 bits per heavy atom. The van der Waals surface area contributed by atoms with Gasteiger partial charge in [-0.2, -0.15) is 0 Å². The highest BCUT2D eigenvalue weighted by atomic mass is 16.5. The van der Waals surface area contributed by atoms with Crippen molar-refractivity contribution in [3.05, 3.63) is 100 Å². The number of imide groups is 1. The molecule has 32 heavy (non-hydrogen) atoms. The second kappa shape index (κ2) is 8.71. The number of carbonyl (C=O) groups is 2. The molecule has 0 fully saturated rings. The van der Waals surface area contributed by atoms with Gasteiger partial charge in [0.05, 0.1) is 19.2 Å². The number of nitrogens with zero attached hydrogens (tertiary/aromatic N) is 1. The van der Waals surface area contributed by atoms with Crippen LogP contribution in [0.3, 0.4) is 0 Å². The minimum atomic E-state index is -0.341. The Bertz CT molecular complexity index is 1230. The third kappa shape index (κ3) is 4.14. The van der Waals surface area contributed by atoms with E-state index in [0.717, 1.165) is 27.8 Å². The predicted molar refractivity (Wildman–Crippen MR) is 126 cm³/mol. The number of hydrogen-bond donors (Lipinski definition) is 1. The fourth-order valence-electron chi connectivity index (χ4n) is 3.72. The van der Waals surface area contributed by atoms with Gasteiger partial charge in [0.2, 0.25) is 0 Å². The number of rotatable bonds is 6. The van der Waals surface area contributed by atoms with Crippen molar-refractivity contribution in [1.29, 1.82) is 0 Å². The molecule has 5 nitrogen and oxygen atoms in total. The van der Waals surface area contributed by atoms with E-state index in [1.165, 1.54) is 4.90 Å². The van der Waals surface area contributed by atoms with Gasteiger partial charge in [-0.15, -0.1) is 0 Å². The third-order valence-electron chi connectivity index (χ3n) is 5.76. The number of hydrogen-bond acceptors (Lipinski definition) is 4. The van der Waals surface area contributed by atoms with Gasteiger partial charge in [-0.05, 0) is 55.2 Å². The van der Waals surface area contributed by atoms with Crippen LogP contribution in [0.25, 0.3) is 5.57 Å². The van der Waals surface area contributed by atoms with Gasteiger partial charge in [0, 0.05) is 11.8 Å². The van der Waals surface area contributed by atoms with Crippen molar-refractivity contribution in [1.82, 2.24) is 4.90 Å². The molecule has 0 spiro atoms. The van der Waals surface area contributed by atoms with E-state index in [1.54, 1.807) is 13.2 Å². The van der Waals surface area contributed by atoms with Gasteiger partial charge in [-0.1, -0.05) is 54.1 Å². The molecule has 3 aromatic rings. The van der Waals surface area contributed by atoms with Crippen LogP contribution in [-0.4, -0.2) is 23.8 Å². The maximum atomic E-state index is 13.5. The molecule has 1 aliphatic heterocycles. The normalized spacial score (nSPS) is 13.7. The maximum Gasteiger partial charge on any atom is 0.278 e. The van der Waals surface area contributed by atoms with Crippen molar-refractivity contribution in [2.75, 3.05) is 12.4 Å². The lowest BCUT2D eigenvalue weighted by atomic mass is 9.99. The molecule has 0 atom stereocenters. The van der Waals surface area contributed by atoms with Crippen LogP contribution in [0.1, 0.15) is 27.8 Å². The first-order valence-electron chi connectivity index (χ1n) is 10.5. The number of methoxy groups -OCH3 is 1. The molecule has 0 bridgehead atoms. The molecule has 1 heterocycles. The smallest absolute Gasteiger partial charge is 0.278 e. The number of ether oxygens (including phenoxy) is 1. The highest BCUT2D eigenvalue weighted by Gasteiger charge is 2.39. The van der Waals surface area contributed by atoms with Crippen LogP contribution in [-0.2, 0) is 16.1 Å². The van der Waals surface area contributed by atoms with Gasteiger partial charge in [-0.25, -0.2) is 0 Å². The minimum Gasteiger partial charge on any atom is -0.497 e. The Hall–Kier alpha value is -3.86. The van der Waals surface area contributed by atoms with E-state index in [0.29, 0.717) is 17.0 Å². The van der Waals surface area contributed by atoms with Gasteiger partial charge in [0.25, 0.3) is 11.8 Å². The first-order chi connectivity index (χ1) is 15.4. The van der Waals surface area contributed by atoms with Crippen LogP contribution >= 0.6 is 0 Å². The molecular formula is C27H26N2O3. The average Bonchev–Trinajstić information content (AvgIpc) is 3.01. The predicted octanol–water partition coefficient (Wildman–Crippen LogP) is 5.01. The van der Waals surface area contributed by atoms with Gasteiger partial charge >= 0.3 is 0 Å². The zero-order chi connectivity index (χ0) is 22.8. The quantitative estimate of drug-likeness (QED) is 0.563. The zero-order valence-electron chi connectivity index (χ0n) is 18.7. The lowest BCUT2D eigenvalue weighted by molar-refractivity contribution is -0.137. The molecule has 0 saturated heterocycles. The van der Waals surface area contributed by atoms with Crippen LogP contribution in [0.4, 0.5) is 5.69 Å².